The minimum atomic E-state index is -0.971. The van der Waals surface area contributed by atoms with Crippen LogP contribution in [0.5, 0.6) is 0 Å². The van der Waals surface area contributed by atoms with E-state index < -0.39 is 5.97 Å². The summed E-state index contributed by atoms with van der Waals surface area (Å²) in [5.41, 5.74) is 3.28. The Labute approximate surface area is 176 Å². The average molecular weight is 406 g/mol. The SMILES string of the molecule is C=CCOC(=O)N1CC[C@H]2C(c3ccccc3)N(CC)c3ccc(C(=O)O)cc3[C@H]21. The monoisotopic (exact) mass is 406 g/mol. The van der Waals surface area contributed by atoms with Gasteiger partial charge in [0, 0.05) is 24.7 Å². The number of ether oxygens (including phenoxy) is 1. The summed E-state index contributed by atoms with van der Waals surface area (Å²) >= 11 is 0. The first-order chi connectivity index (χ1) is 14.6. The van der Waals surface area contributed by atoms with Crippen LogP contribution >= 0.6 is 0 Å². The predicted molar refractivity (Wildman–Crippen MR) is 115 cm³/mol. The van der Waals surface area contributed by atoms with E-state index in [1.165, 1.54) is 5.56 Å². The van der Waals surface area contributed by atoms with Crippen LogP contribution in [0.4, 0.5) is 10.5 Å². The van der Waals surface area contributed by atoms with Crippen LogP contribution in [0.1, 0.15) is 46.9 Å². The highest BCUT2D eigenvalue weighted by Gasteiger charge is 2.49. The van der Waals surface area contributed by atoms with Crippen molar-refractivity contribution in [2.45, 2.75) is 25.4 Å². The number of aromatic carboxylic acids is 1. The molecule has 1 unspecified atom stereocenters. The van der Waals surface area contributed by atoms with E-state index in [0.717, 1.165) is 24.2 Å². The summed E-state index contributed by atoms with van der Waals surface area (Å²) in [6.45, 7) is 7.22. The minimum absolute atomic E-state index is 0.0987. The van der Waals surface area contributed by atoms with Crippen molar-refractivity contribution < 1.29 is 19.4 Å². The number of carboxylic acids is 1. The Bertz CT molecular complexity index is 959. The lowest BCUT2D eigenvalue weighted by atomic mass is 9.78. The van der Waals surface area contributed by atoms with Gasteiger partial charge in [-0.25, -0.2) is 9.59 Å². The number of nitrogens with zero attached hydrogens (tertiary/aromatic N) is 2. The number of hydrogen-bond donors (Lipinski definition) is 1. The fraction of sp³-hybridized carbons (Fsp3) is 0.333. The predicted octanol–water partition coefficient (Wildman–Crippen LogP) is 4.65. The number of carbonyl (C=O) groups excluding carboxylic acids is 1. The molecule has 1 saturated heterocycles. The van der Waals surface area contributed by atoms with E-state index in [0.29, 0.717) is 6.54 Å². The molecule has 1 N–H and O–H groups in total. The number of benzene rings is 2. The van der Waals surface area contributed by atoms with Gasteiger partial charge in [-0.1, -0.05) is 43.0 Å². The molecule has 2 aliphatic heterocycles. The summed E-state index contributed by atoms with van der Waals surface area (Å²) in [6.07, 6.45) is 1.99. The van der Waals surface area contributed by atoms with Crippen molar-refractivity contribution in [2.24, 2.45) is 5.92 Å². The summed E-state index contributed by atoms with van der Waals surface area (Å²) in [5.74, 6) is -0.832. The van der Waals surface area contributed by atoms with Crippen molar-refractivity contribution >= 4 is 17.7 Å². The Hall–Kier alpha value is -3.28. The number of carboxylic acid groups (broad SMARTS) is 1. The van der Waals surface area contributed by atoms with E-state index in [-0.39, 0.29) is 36.3 Å². The third-order valence-corrected chi connectivity index (χ3v) is 6.13. The summed E-state index contributed by atoms with van der Waals surface area (Å²) in [6, 6.07) is 15.4. The van der Waals surface area contributed by atoms with Crippen molar-refractivity contribution in [3.05, 3.63) is 77.9 Å². The van der Waals surface area contributed by atoms with E-state index in [2.05, 4.69) is 30.5 Å². The van der Waals surface area contributed by atoms with Gasteiger partial charge in [0.2, 0.25) is 0 Å². The number of amides is 1. The highest BCUT2D eigenvalue weighted by Crippen LogP contribution is 2.54. The molecule has 2 aliphatic rings. The zero-order valence-corrected chi connectivity index (χ0v) is 17.0. The van der Waals surface area contributed by atoms with Crippen molar-refractivity contribution in [3.8, 4) is 0 Å². The second-order valence-electron chi connectivity index (χ2n) is 7.68. The summed E-state index contributed by atoms with van der Waals surface area (Å²) in [4.78, 5) is 28.5. The number of hydrogen-bond acceptors (Lipinski definition) is 4. The van der Waals surface area contributed by atoms with Gasteiger partial charge in [0.1, 0.15) is 6.61 Å². The molecule has 4 rings (SSSR count). The molecule has 2 heterocycles. The van der Waals surface area contributed by atoms with Gasteiger partial charge in [-0.2, -0.15) is 0 Å². The molecule has 0 spiro atoms. The Kier molecular flexibility index (Phi) is 5.48. The zero-order chi connectivity index (χ0) is 21.3. The molecule has 0 saturated carbocycles. The molecule has 1 fully saturated rings. The Morgan fingerprint density at radius 3 is 2.63 bits per heavy atom. The highest BCUT2D eigenvalue weighted by molar-refractivity contribution is 5.89. The van der Waals surface area contributed by atoms with Crippen LogP contribution in [0.15, 0.2) is 61.2 Å². The van der Waals surface area contributed by atoms with Crippen LogP contribution < -0.4 is 4.90 Å². The normalized spacial score (nSPS) is 22.2. The van der Waals surface area contributed by atoms with Gasteiger partial charge >= 0.3 is 12.1 Å². The largest absolute Gasteiger partial charge is 0.478 e. The number of carbonyl (C=O) groups is 2. The molecule has 2 aromatic carbocycles. The highest BCUT2D eigenvalue weighted by atomic mass is 16.6. The van der Waals surface area contributed by atoms with Crippen LogP contribution in [-0.4, -0.2) is 41.8 Å². The first-order valence-electron chi connectivity index (χ1n) is 10.3. The number of likely N-dealkylation sites (tertiary alicyclic amines) is 1. The van der Waals surface area contributed by atoms with Crippen LogP contribution in [0.2, 0.25) is 0 Å². The number of anilines is 1. The maximum Gasteiger partial charge on any atom is 0.410 e. The van der Waals surface area contributed by atoms with Gasteiger partial charge in [0.25, 0.3) is 0 Å². The molecule has 1 amide bonds. The molecule has 6 nitrogen and oxygen atoms in total. The lowest BCUT2D eigenvalue weighted by Crippen LogP contribution is -2.43. The van der Waals surface area contributed by atoms with E-state index in [9.17, 15) is 14.7 Å². The number of rotatable bonds is 5. The summed E-state index contributed by atoms with van der Waals surface area (Å²) in [5, 5.41) is 9.54. The van der Waals surface area contributed by atoms with E-state index in [4.69, 9.17) is 4.74 Å². The second kappa shape index (κ2) is 8.22. The second-order valence-corrected chi connectivity index (χ2v) is 7.68. The molecule has 0 aromatic heterocycles. The molecule has 156 valence electrons. The molecule has 2 aromatic rings. The van der Waals surface area contributed by atoms with Gasteiger partial charge in [-0.3, -0.25) is 0 Å². The van der Waals surface area contributed by atoms with Crippen molar-refractivity contribution in [1.82, 2.24) is 4.90 Å². The minimum Gasteiger partial charge on any atom is -0.478 e. The van der Waals surface area contributed by atoms with E-state index in [1.807, 2.05) is 24.3 Å². The molecule has 3 atom stereocenters. The standard InChI is InChI=1S/C24H26N2O4/c1-3-14-30-24(29)26-13-12-18-21(16-8-6-5-7-9-16)25(4-2)20-11-10-17(23(27)28)15-19(20)22(18)26/h3,5-11,15,18,21-22H,1,4,12-14H2,2H3,(H,27,28)/t18-,21?,22-/m0/s1. The number of fused-ring (bicyclic) bond motifs is 3. The van der Waals surface area contributed by atoms with Gasteiger partial charge in [0.15, 0.2) is 0 Å². The third kappa shape index (κ3) is 3.32. The van der Waals surface area contributed by atoms with Crippen molar-refractivity contribution in [2.75, 3.05) is 24.6 Å². The molecular weight excluding hydrogens is 380 g/mol. The fourth-order valence-electron chi connectivity index (χ4n) is 4.97. The van der Waals surface area contributed by atoms with E-state index in [1.54, 1.807) is 23.1 Å². The third-order valence-electron chi connectivity index (χ3n) is 6.13. The van der Waals surface area contributed by atoms with Crippen LogP contribution in [-0.2, 0) is 4.74 Å². The summed E-state index contributed by atoms with van der Waals surface area (Å²) < 4.78 is 5.35. The first kappa shape index (κ1) is 20.0. The van der Waals surface area contributed by atoms with Gasteiger partial charge in [0.05, 0.1) is 17.6 Å². The average Bonchev–Trinajstić information content (AvgIpc) is 3.21. The van der Waals surface area contributed by atoms with Crippen molar-refractivity contribution in [3.63, 3.8) is 0 Å². The summed E-state index contributed by atoms with van der Waals surface area (Å²) in [7, 11) is 0. The van der Waals surface area contributed by atoms with Crippen molar-refractivity contribution in [1.29, 1.82) is 0 Å². The zero-order valence-electron chi connectivity index (χ0n) is 17.0. The maximum atomic E-state index is 12.8. The molecule has 0 radical (unpaired) electrons. The van der Waals surface area contributed by atoms with Gasteiger partial charge in [-0.05, 0) is 42.7 Å². The quantitative estimate of drug-likeness (QED) is 0.732. The first-order valence-corrected chi connectivity index (χ1v) is 10.3. The molecule has 0 aliphatic carbocycles. The molecule has 0 bridgehead atoms. The van der Waals surface area contributed by atoms with E-state index >= 15 is 0 Å². The van der Waals surface area contributed by atoms with Gasteiger partial charge < -0.3 is 19.6 Å². The molecular formula is C24H26N2O4. The van der Waals surface area contributed by atoms with Crippen LogP contribution in [0.3, 0.4) is 0 Å². The molecule has 6 heteroatoms. The Balaban J connectivity index is 1.85. The lowest BCUT2D eigenvalue weighted by Gasteiger charge is -2.46. The molecule has 30 heavy (non-hydrogen) atoms. The topological polar surface area (TPSA) is 70.1 Å². The fourth-order valence-corrected chi connectivity index (χ4v) is 4.97. The van der Waals surface area contributed by atoms with Gasteiger partial charge in [-0.15, -0.1) is 0 Å². The lowest BCUT2D eigenvalue weighted by molar-refractivity contribution is 0.0696. The maximum absolute atomic E-state index is 12.8. The van der Waals surface area contributed by atoms with Crippen LogP contribution in [0, 0.1) is 5.92 Å². The Morgan fingerprint density at radius 1 is 1.20 bits per heavy atom. The Morgan fingerprint density at radius 2 is 1.97 bits per heavy atom. The van der Waals surface area contributed by atoms with Crippen LogP contribution in [0.25, 0.3) is 0 Å². The smallest absolute Gasteiger partial charge is 0.410 e.